The Hall–Kier alpha value is -3.48. The smallest absolute Gasteiger partial charge is 0.257 e. The van der Waals surface area contributed by atoms with E-state index in [4.69, 9.17) is 9.84 Å². The molecule has 9 heteroatoms. The summed E-state index contributed by atoms with van der Waals surface area (Å²) in [5.74, 6) is 0.0944. The second-order valence-electron chi connectivity index (χ2n) is 9.92. The van der Waals surface area contributed by atoms with Crippen molar-refractivity contribution in [3.63, 3.8) is 0 Å². The summed E-state index contributed by atoms with van der Waals surface area (Å²) in [6.45, 7) is 1.73. The van der Waals surface area contributed by atoms with E-state index in [-0.39, 0.29) is 24.7 Å². The molecule has 0 spiro atoms. The van der Waals surface area contributed by atoms with Crippen LogP contribution in [0.4, 0.5) is 11.4 Å². The largest absolute Gasteiger partial charge is 0.396 e. The van der Waals surface area contributed by atoms with Crippen LogP contribution in [0.25, 0.3) is 10.9 Å². The first-order chi connectivity index (χ1) is 17.1. The fraction of sp³-hybridized carbons (Fsp3) is 0.462. The van der Waals surface area contributed by atoms with Gasteiger partial charge in [-0.1, -0.05) is 0 Å². The van der Waals surface area contributed by atoms with Crippen LogP contribution in [0.2, 0.25) is 0 Å². The van der Waals surface area contributed by atoms with Crippen molar-refractivity contribution < 1.29 is 14.6 Å². The van der Waals surface area contributed by atoms with Gasteiger partial charge in [0.2, 0.25) is 0 Å². The van der Waals surface area contributed by atoms with Crippen molar-refractivity contribution in [3.05, 3.63) is 47.9 Å². The predicted molar refractivity (Wildman–Crippen MR) is 130 cm³/mol. The average molecular weight is 473 g/mol. The molecule has 2 bridgehead atoms. The van der Waals surface area contributed by atoms with E-state index in [2.05, 4.69) is 32.1 Å². The first-order valence-electron chi connectivity index (χ1n) is 12.3. The SMILES string of the molecule is N#Cc1cncc(C(=O)Nc2cc3cn([C@H]4CC[C@H](CO)CC4)nc3cc2N2C[C@H]3C[C@@H]2CO3)c1. The van der Waals surface area contributed by atoms with Crippen molar-refractivity contribution in [2.24, 2.45) is 5.92 Å². The van der Waals surface area contributed by atoms with Crippen molar-refractivity contribution in [2.45, 2.75) is 50.3 Å². The van der Waals surface area contributed by atoms with Crippen LogP contribution in [0.5, 0.6) is 0 Å². The number of aliphatic hydroxyl groups is 1. The van der Waals surface area contributed by atoms with E-state index in [1.165, 1.54) is 12.4 Å². The van der Waals surface area contributed by atoms with Crippen molar-refractivity contribution in [1.29, 1.82) is 5.26 Å². The van der Waals surface area contributed by atoms with E-state index in [1.807, 2.05) is 12.1 Å². The minimum absolute atomic E-state index is 0.218. The third-order valence-electron chi connectivity index (χ3n) is 7.68. The molecule has 180 valence electrons. The van der Waals surface area contributed by atoms with Gasteiger partial charge in [-0.2, -0.15) is 10.4 Å². The Bertz CT molecular complexity index is 1310. The van der Waals surface area contributed by atoms with Crippen molar-refractivity contribution >= 4 is 28.2 Å². The molecule has 6 rings (SSSR count). The van der Waals surface area contributed by atoms with Gasteiger partial charge in [-0.25, -0.2) is 0 Å². The lowest BCUT2D eigenvalue weighted by Gasteiger charge is -2.30. The highest BCUT2D eigenvalue weighted by molar-refractivity contribution is 6.07. The number of aliphatic hydroxyl groups excluding tert-OH is 1. The molecule has 2 saturated heterocycles. The van der Waals surface area contributed by atoms with Gasteiger partial charge >= 0.3 is 0 Å². The number of carbonyl (C=O) groups excluding carboxylic acids is 1. The van der Waals surface area contributed by atoms with Gasteiger partial charge in [0.15, 0.2) is 0 Å². The van der Waals surface area contributed by atoms with Gasteiger partial charge in [-0.05, 0) is 56.2 Å². The van der Waals surface area contributed by atoms with Gasteiger partial charge in [0.25, 0.3) is 5.91 Å². The lowest BCUT2D eigenvalue weighted by molar-refractivity contribution is 0.0991. The zero-order valence-electron chi connectivity index (χ0n) is 19.4. The first kappa shape index (κ1) is 22.0. The number of amides is 1. The Labute approximate surface area is 203 Å². The van der Waals surface area contributed by atoms with Gasteiger partial charge in [0.05, 0.1) is 52.8 Å². The van der Waals surface area contributed by atoms with E-state index in [0.29, 0.717) is 29.7 Å². The number of fused-ring (bicyclic) bond motifs is 3. The van der Waals surface area contributed by atoms with Gasteiger partial charge in [-0.15, -0.1) is 0 Å². The number of nitrogens with zero attached hydrogens (tertiary/aromatic N) is 5. The zero-order chi connectivity index (χ0) is 23.9. The minimum atomic E-state index is -0.300. The molecular weight excluding hydrogens is 444 g/mol. The predicted octanol–water partition coefficient (Wildman–Crippen LogP) is 3.26. The summed E-state index contributed by atoms with van der Waals surface area (Å²) < 4.78 is 7.87. The molecule has 2 N–H and O–H groups in total. The maximum absolute atomic E-state index is 13.1. The highest BCUT2D eigenvalue weighted by Gasteiger charge is 2.40. The van der Waals surface area contributed by atoms with Crippen LogP contribution in [-0.4, -0.2) is 57.7 Å². The van der Waals surface area contributed by atoms with Crippen molar-refractivity contribution in [2.75, 3.05) is 30.0 Å². The topological polar surface area (TPSA) is 116 Å². The molecule has 2 atom stereocenters. The monoisotopic (exact) mass is 472 g/mol. The minimum Gasteiger partial charge on any atom is -0.396 e. The molecule has 1 amide bonds. The molecule has 3 aromatic rings. The summed E-state index contributed by atoms with van der Waals surface area (Å²) in [7, 11) is 0. The third-order valence-corrected chi connectivity index (χ3v) is 7.68. The van der Waals surface area contributed by atoms with Crippen LogP contribution in [0.1, 0.15) is 54.1 Å². The van der Waals surface area contributed by atoms with Crippen molar-refractivity contribution in [1.82, 2.24) is 14.8 Å². The average Bonchev–Trinajstić information content (AvgIpc) is 3.64. The molecule has 0 unspecified atom stereocenters. The number of benzene rings is 1. The number of hydrogen-bond acceptors (Lipinski definition) is 7. The van der Waals surface area contributed by atoms with Crippen molar-refractivity contribution in [3.8, 4) is 6.07 Å². The van der Waals surface area contributed by atoms with Crippen LogP contribution in [-0.2, 0) is 4.74 Å². The number of ether oxygens (including phenoxy) is 1. The number of pyridine rings is 1. The second-order valence-corrected chi connectivity index (χ2v) is 9.92. The quantitative estimate of drug-likeness (QED) is 0.585. The van der Waals surface area contributed by atoms with Crippen LogP contribution >= 0.6 is 0 Å². The fourth-order valence-corrected chi connectivity index (χ4v) is 5.71. The molecule has 3 aliphatic rings. The molecule has 2 aliphatic heterocycles. The van der Waals surface area contributed by atoms with Crippen LogP contribution in [0.15, 0.2) is 36.8 Å². The first-order valence-corrected chi connectivity index (χ1v) is 12.3. The molecule has 35 heavy (non-hydrogen) atoms. The summed E-state index contributed by atoms with van der Waals surface area (Å²) in [4.78, 5) is 19.5. The summed E-state index contributed by atoms with van der Waals surface area (Å²) in [5, 5.41) is 27.6. The van der Waals surface area contributed by atoms with Gasteiger partial charge < -0.3 is 20.1 Å². The molecule has 3 fully saturated rings. The summed E-state index contributed by atoms with van der Waals surface area (Å²) >= 11 is 0. The highest BCUT2D eigenvalue weighted by Crippen LogP contribution is 2.40. The number of aromatic nitrogens is 3. The third kappa shape index (κ3) is 4.13. The Balaban J connectivity index is 1.34. The lowest BCUT2D eigenvalue weighted by Crippen LogP contribution is -2.37. The van der Waals surface area contributed by atoms with Crippen LogP contribution in [0.3, 0.4) is 0 Å². The molecule has 1 aliphatic carbocycles. The number of hydrogen-bond donors (Lipinski definition) is 2. The molecule has 1 saturated carbocycles. The number of carbonyl (C=O) groups is 1. The maximum Gasteiger partial charge on any atom is 0.257 e. The Morgan fingerprint density at radius 2 is 2.06 bits per heavy atom. The van der Waals surface area contributed by atoms with Gasteiger partial charge in [0, 0.05) is 37.1 Å². The summed E-state index contributed by atoms with van der Waals surface area (Å²) in [6, 6.07) is 8.27. The Morgan fingerprint density at radius 3 is 2.77 bits per heavy atom. The normalized spacial score (nSPS) is 25.7. The van der Waals surface area contributed by atoms with Gasteiger partial charge in [0.1, 0.15) is 6.07 Å². The number of nitrogens with one attached hydrogen (secondary N) is 1. The second kappa shape index (κ2) is 8.95. The molecular formula is C26H28N6O3. The van der Waals surface area contributed by atoms with E-state index < -0.39 is 0 Å². The number of rotatable bonds is 5. The molecule has 4 heterocycles. The number of nitriles is 1. The van der Waals surface area contributed by atoms with E-state index in [9.17, 15) is 15.2 Å². The van der Waals surface area contributed by atoms with E-state index >= 15 is 0 Å². The van der Waals surface area contributed by atoms with E-state index in [0.717, 1.165) is 60.9 Å². The molecule has 9 nitrogen and oxygen atoms in total. The molecule has 0 radical (unpaired) electrons. The Morgan fingerprint density at radius 1 is 1.20 bits per heavy atom. The highest BCUT2D eigenvalue weighted by atomic mass is 16.5. The fourth-order valence-electron chi connectivity index (χ4n) is 5.71. The lowest BCUT2D eigenvalue weighted by atomic mass is 9.87. The van der Waals surface area contributed by atoms with Crippen LogP contribution in [0, 0.1) is 17.2 Å². The number of anilines is 2. The maximum atomic E-state index is 13.1. The zero-order valence-corrected chi connectivity index (χ0v) is 19.4. The summed E-state index contributed by atoms with van der Waals surface area (Å²) in [5.41, 5.74) is 3.26. The standard InChI is InChI=1S/C26H28N6O3/c27-9-17-5-18(11-28-10-17)26(34)29-24-6-19-12-32(20-3-1-16(14-33)2-4-20)30-23(19)8-25(24)31-13-22-7-21(31)15-35-22/h5-6,8,10-12,16,20-22,33H,1-4,7,13-15H2,(H,29,34)/t16-,20-,21-,22-/m1/s1. The van der Waals surface area contributed by atoms with Crippen LogP contribution < -0.4 is 10.2 Å². The molecule has 2 aromatic heterocycles. The van der Waals surface area contributed by atoms with Gasteiger partial charge in [-0.3, -0.25) is 14.5 Å². The summed E-state index contributed by atoms with van der Waals surface area (Å²) in [6.07, 6.45) is 10.2. The van der Waals surface area contributed by atoms with E-state index in [1.54, 1.807) is 6.07 Å². The molecule has 1 aromatic carbocycles. The number of morpholine rings is 1. The Kier molecular flexibility index (Phi) is 5.63.